The summed E-state index contributed by atoms with van der Waals surface area (Å²) in [6.07, 6.45) is 2.77. The van der Waals surface area contributed by atoms with E-state index in [0.717, 1.165) is 12.0 Å². The number of aromatic hydroxyl groups is 1. The van der Waals surface area contributed by atoms with Gasteiger partial charge in [-0.1, -0.05) is 38.1 Å². The number of phenolic OH excluding ortho intramolecular Hbond substituents is 1. The number of carbonyl (C=O) groups is 1. The van der Waals surface area contributed by atoms with Crippen LogP contribution in [0, 0.1) is 5.92 Å². The quantitative estimate of drug-likeness (QED) is 0.863. The number of rotatable bonds is 3. The molecule has 2 aromatic carbocycles. The molecule has 1 N–H and O–H groups in total. The smallest absolute Gasteiger partial charge is 0.232 e. The molecule has 0 fully saturated rings. The Bertz CT molecular complexity index is 740. The number of ketones is 1. The average Bonchev–Trinajstić information content (AvgIpc) is 2.77. The van der Waals surface area contributed by atoms with Gasteiger partial charge in [0.1, 0.15) is 11.5 Å². The minimum absolute atomic E-state index is 0.0648. The predicted molar refractivity (Wildman–Crippen MR) is 86.0 cm³/mol. The summed E-state index contributed by atoms with van der Waals surface area (Å²) in [7, 11) is 0. The summed E-state index contributed by atoms with van der Waals surface area (Å²) < 4.78 is 5.57. The predicted octanol–water partition coefficient (Wildman–Crippen LogP) is 4.21. The summed E-state index contributed by atoms with van der Waals surface area (Å²) in [6, 6.07) is 12.7. The van der Waals surface area contributed by atoms with Crippen LogP contribution < -0.4 is 4.74 Å². The lowest BCUT2D eigenvalue weighted by Crippen LogP contribution is -1.98. The molecule has 22 heavy (non-hydrogen) atoms. The third-order valence-corrected chi connectivity index (χ3v) is 3.57. The van der Waals surface area contributed by atoms with Crippen molar-refractivity contribution in [2.24, 2.45) is 5.92 Å². The molecule has 1 aliphatic heterocycles. The molecule has 0 aliphatic carbocycles. The molecular weight excluding hydrogens is 276 g/mol. The Morgan fingerprint density at radius 3 is 2.55 bits per heavy atom. The van der Waals surface area contributed by atoms with Gasteiger partial charge in [-0.2, -0.15) is 0 Å². The molecule has 0 amide bonds. The molecule has 3 heteroatoms. The summed E-state index contributed by atoms with van der Waals surface area (Å²) >= 11 is 0. The number of benzene rings is 2. The van der Waals surface area contributed by atoms with Gasteiger partial charge in [-0.05, 0) is 47.7 Å². The van der Waals surface area contributed by atoms with Gasteiger partial charge in [0.2, 0.25) is 5.78 Å². The molecule has 3 rings (SSSR count). The standard InChI is InChI=1S/C19H18O3/c1-12(2)9-13-3-5-14(6-4-13)10-18-19(21)16-11-15(20)7-8-17(16)22-18/h3-8,10-12,20H,9H2,1-2H3/b18-10-. The topological polar surface area (TPSA) is 46.5 Å². The normalized spacial score (nSPS) is 15.2. The van der Waals surface area contributed by atoms with E-state index >= 15 is 0 Å². The maximum absolute atomic E-state index is 12.3. The fourth-order valence-corrected chi connectivity index (χ4v) is 2.55. The highest BCUT2D eigenvalue weighted by molar-refractivity contribution is 6.14. The van der Waals surface area contributed by atoms with Crippen LogP contribution in [0.15, 0.2) is 48.2 Å². The first-order valence-corrected chi connectivity index (χ1v) is 7.39. The lowest BCUT2D eigenvalue weighted by molar-refractivity contribution is 0.101. The van der Waals surface area contributed by atoms with E-state index in [1.807, 2.05) is 12.1 Å². The first-order chi connectivity index (χ1) is 10.5. The fourth-order valence-electron chi connectivity index (χ4n) is 2.55. The second-order valence-electron chi connectivity index (χ2n) is 5.96. The van der Waals surface area contributed by atoms with E-state index in [4.69, 9.17) is 4.74 Å². The van der Waals surface area contributed by atoms with Crippen molar-refractivity contribution in [3.63, 3.8) is 0 Å². The Kier molecular flexibility index (Phi) is 3.72. The van der Waals surface area contributed by atoms with E-state index in [2.05, 4.69) is 26.0 Å². The number of fused-ring (bicyclic) bond motifs is 1. The van der Waals surface area contributed by atoms with Crippen LogP contribution in [-0.4, -0.2) is 10.9 Å². The Balaban J connectivity index is 1.83. The zero-order valence-corrected chi connectivity index (χ0v) is 12.7. The highest BCUT2D eigenvalue weighted by Crippen LogP contribution is 2.34. The number of hydrogen-bond donors (Lipinski definition) is 1. The van der Waals surface area contributed by atoms with Gasteiger partial charge in [0.05, 0.1) is 5.56 Å². The molecular formula is C19H18O3. The van der Waals surface area contributed by atoms with E-state index < -0.39 is 0 Å². The van der Waals surface area contributed by atoms with Gasteiger partial charge in [-0.25, -0.2) is 0 Å². The van der Waals surface area contributed by atoms with Gasteiger partial charge in [0, 0.05) is 0 Å². The summed E-state index contributed by atoms with van der Waals surface area (Å²) in [5.74, 6) is 1.26. The molecule has 0 aromatic heterocycles. The maximum atomic E-state index is 12.3. The number of phenols is 1. The molecule has 0 spiro atoms. The molecule has 0 radical (unpaired) electrons. The third-order valence-electron chi connectivity index (χ3n) is 3.57. The van der Waals surface area contributed by atoms with E-state index in [9.17, 15) is 9.90 Å². The molecule has 1 heterocycles. The zero-order valence-electron chi connectivity index (χ0n) is 12.7. The van der Waals surface area contributed by atoms with Gasteiger partial charge in [0.25, 0.3) is 0 Å². The summed E-state index contributed by atoms with van der Waals surface area (Å²) in [4.78, 5) is 12.3. The maximum Gasteiger partial charge on any atom is 0.232 e. The number of ether oxygens (including phenoxy) is 1. The van der Waals surface area contributed by atoms with E-state index in [1.165, 1.54) is 17.7 Å². The van der Waals surface area contributed by atoms with E-state index in [0.29, 0.717) is 17.2 Å². The number of allylic oxidation sites excluding steroid dienone is 1. The molecule has 0 saturated carbocycles. The van der Waals surface area contributed by atoms with Crippen LogP contribution in [0.3, 0.4) is 0 Å². The second-order valence-corrected chi connectivity index (χ2v) is 5.96. The Morgan fingerprint density at radius 1 is 1.14 bits per heavy atom. The van der Waals surface area contributed by atoms with Gasteiger partial charge in [-0.3, -0.25) is 4.79 Å². The Labute approximate surface area is 129 Å². The first-order valence-electron chi connectivity index (χ1n) is 7.39. The lowest BCUT2D eigenvalue weighted by atomic mass is 10.0. The number of Topliss-reactive ketones (excluding diaryl/α,β-unsaturated/α-hetero) is 1. The molecule has 0 saturated heterocycles. The molecule has 0 atom stereocenters. The van der Waals surface area contributed by atoms with Gasteiger partial charge >= 0.3 is 0 Å². The summed E-state index contributed by atoms with van der Waals surface area (Å²) in [5.41, 5.74) is 2.61. The number of carbonyl (C=O) groups excluding carboxylic acids is 1. The van der Waals surface area contributed by atoms with Crippen molar-refractivity contribution < 1.29 is 14.6 Å². The molecule has 1 aliphatic rings. The minimum Gasteiger partial charge on any atom is -0.508 e. The van der Waals surface area contributed by atoms with Crippen molar-refractivity contribution in [1.82, 2.24) is 0 Å². The number of hydrogen-bond acceptors (Lipinski definition) is 3. The molecule has 0 bridgehead atoms. The van der Waals surface area contributed by atoms with Crippen molar-refractivity contribution in [3.8, 4) is 11.5 Å². The average molecular weight is 294 g/mol. The van der Waals surface area contributed by atoms with Crippen molar-refractivity contribution in [3.05, 3.63) is 64.9 Å². The summed E-state index contributed by atoms with van der Waals surface area (Å²) in [6.45, 7) is 4.38. The van der Waals surface area contributed by atoms with E-state index in [-0.39, 0.29) is 17.3 Å². The summed E-state index contributed by atoms with van der Waals surface area (Å²) in [5, 5.41) is 9.47. The largest absolute Gasteiger partial charge is 0.508 e. The van der Waals surface area contributed by atoms with Crippen molar-refractivity contribution in [1.29, 1.82) is 0 Å². The highest BCUT2D eigenvalue weighted by atomic mass is 16.5. The van der Waals surface area contributed by atoms with Crippen molar-refractivity contribution in [2.75, 3.05) is 0 Å². The van der Waals surface area contributed by atoms with E-state index in [1.54, 1.807) is 12.1 Å². The molecule has 0 unspecified atom stereocenters. The first kappa shape index (κ1) is 14.4. The monoisotopic (exact) mass is 294 g/mol. The van der Waals surface area contributed by atoms with Crippen LogP contribution >= 0.6 is 0 Å². The van der Waals surface area contributed by atoms with Crippen LogP contribution in [0.2, 0.25) is 0 Å². The Hall–Kier alpha value is -2.55. The van der Waals surface area contributed by atoms with Gasteiger partial charge in [-0.15, -0.1) is 0 Å². The zero-order chi connectivity index (χ0) is 15.7. The van der Waals surface area contributed by atoms with Crippen LogP contribution in [0.5, 0.6) is 11.5 Å². The van der Waals surface area contributed by atoms with Crippen LogP contribution in [0.25, 0.3) is 6.08 Å². The van der Waals surface area contributed by atoms with Crippen molar-refractivity contribution >= 4 is 11.9 Å². The second kappa shape index (κ2) is 5.68. The highest BCUT2D eigenvalue weighted by Gasteiger charge is 2.27. The molecule has 112 valence electrons. The van der Waals surface area contributed by atoms with Crippen LogP contribution in [-0.2, 0) is 6.42 Å². The Morgan fingerprint density at radius 2 is 1.86 bits per heavy atom. The van der Waals surface area contributed by atoms with Crippen LogP contribution in [0.1, 0.15) is 35.3 Å². The minimum atomic E-state index is -0.197. The van der Waals surface area contributed by atoms with Crippen LogP contribution in [0.4, 0.5) is 0 Å². The molecule has 2 aromatic rings. The van der Waals surface area contributed by atoms with Crippen molar-refractivity contribution in [2.45, 2.75) is 20.3 Å². The fraction of sp³-hybridized carbons (Fsp3) is 0.211. The third kappa shape index (κ3) is 2.89. The molecule has 3 nitrogen and oxygen atoms in total. The van der Waals surface area contributed by atoms with Gasteiger partial charge < -0.3 is 9.84 Å². The van der Waals surface area contributed by atoms with Gasteiger partial charge in [0.15, 0.2) is 5.76 Å². The lowest BCUT2D eigenvalue weighted by Gasteiger charge is -2.05. The SMILES string of the molecule is CC(C)Cc1ccc(/C=C2\Oc3ccc(O)cc3C2=O)cc1.